The van der Waals surface area contributed by atoms with Crippen LogP contribution in [0.5, 0.6) is 0 Å². The molecule has 1 aliphatic carbocycles. The van der Waals surface area contributed by atoms with Crippen LogP contribution in [-0.2, 0) is 6.54 Å². The molecule has 1 fully saturated rings. The SMILES string of the molecule is NC(=O)NCc1ccc(-c2csc(NC(N)=NCC3CCCCC3)n2)o1. The van der Waals surface area contributed by atoms with Crippen LogP contribution in [0.4, 0.5) is 9.93 Å². The Balaban J connectivity index is 1.54. The summed E-state index contributed by atoms with van der Waals surface area (Å²) in [5, 5.41) is 8.06. The van der Waals surface area contributed by atoms with Gasteiger partial charge in [0.1, 0.15) is 11.5 Å². The number of amides is 2. The van der Waals surface area contributed by atoms with E-state index < -0.39 is 6.03 Å². The lowest BCUT2D eigenvalue weighted by Crippen LogP contribution is -2.28. The molecule has 0 aliphatic heterocycles. The van der Waals surface area contributed by atoms with Crippen LogP contribution in [0.25, 0.3) is 11.5 Å². The third-order valence-corrected chi connectivity index (χ3v) is 5.09. The highest BCUT2D eigenvalue weighted by Crippen LogP contribution is 2.27. The molecule has 2 heterocycles. The maximum atomic E-state index is 10.7. The van der Waals surface area contributed by atoms with Crippen molar-refractivity contribution in [2.45, 2.75) is 38.6 Å². The van der Waals surface area contributed by atoms with E-state index in [1.807, 2.05) is 5.38 Å². The number of rotatable bonds is 6. The third-order valence-electron chi connectivity index (χ3n) is 4.33. The average Bonchev–Trinajstić information content (AvgIpc) is 3.28. The lowest BCUT2D eigenvalue weighted by atomic mass is 9.89. The van der Waals surface area contributed by atoms with Crippen molar-refractivity contribution in [3.63, 3.8) is 0 Å². The lowest BCUT2D eigenvalue weighted by molar-refractivity contribution is 0.247. The van der Waals surface area contributed by atoms with E-state index in [1.54, 1.807) is 12.1 Å². The number of hydrogen-bond acceptors (Lipinski definition) is 5. The maximum Gasteiger partial charge on any atom is 0.312 e. The number of carbonyl (C=O) groups excluding carboxylic acids is 1. The molecule has 140 valence electrons. The molecule has 0 radical (unpaired) electrons. The number of thiazole rings is 1. The van der Waals surface area contributed by atoms with Gasteiger partial charge in [0.25, 0.3) is 0 Å². The molecule has 0 bridgehead atoms. The molecule has 0 atom stereocenters. The predicted octanol–water partition coefficient (Wildman–Crippen LogP) is 2.88. The molecule has 0 aromatic carbocycles. The summed E-state index contributed by atoms with van der Waals surface area (Å²) in [6, 6.07) is 2.99. The Morgan fingerprint density at radius 2 is 2.12 bits per heavy atom. The number of aromatic nitrogens is 1. The highest BCUT2D eigenvalue weighted by molar-refractivity contribution is 7.14. The van der Waals surface area contributed by atoms with E-state index in [1.165, 1.54) is 43.4 Å². The van der Waals surface area contributed by atoms with Crippen molar-refractivity contribution in [2.75, 3.05) is 11.9 Å². The second-order valence-corrected chi connectivity index (χ2v) is 7.23. The normalized spacial score (nSPS) is 15.8. The number of urea groups is 1. The van der Waals surface area contributed by atoms with Gasteiger partial charge in [0.05, 0.1) is 6.54 Å². The third kappa shape index (κ3) is 5.22. The van der Waals surface area contributed by atoms with Crippen molar-refractivity contribution in [1.82, 2.24) is 10.3 Å². The summed E-state index contributed by atoms with van der Waals surface area (Å²) in [7, 11) is 0. The van der Waals surface area contributed by atoms with Crippen molar-refractivity contribution in [2.24, 2.45) is 22.4 Å². The molecule has 0 spiro atoms. The minimum atomic E-state index is -0.592. The van der Waals surface area contributed by atoms with E-state index in [4.69, 9.17) is 15.9 Å². The van der Waals surface area contributed by atoms with Gasteiger partial charge in [-0.05, 0) is 30.9 Å². The fraction of sp³-hybridized carbons (Fsp3) is 0.471. The average molecular weight is 376 g/mol. The van der Waals surface area contributed by atoms with Gasteiger partial charge < -0.3 is 26.5 Å². The van der Waals surface area contributed by atoms with E-state index >= 15 is 0 Å². The molecule has 1 aliphatic rings. The van der Waals surface area contributed by atoms with Gasteiger partial charge in [0.2, 0.25) is 0 Å². The Morgan fingerprint density at radius 3 is 2.88 bits per heavy atom. The summed E-state index contributed by atoms with van der Waals surface area (Å²) < 4.78 is 5.65. The molecule has 3 rings (SSSR count). The lowest BCUT2D eigenvalue weighted by Gasteiger charge is -2.19. The second-order valence-electron chi connectivity index (χ2n) is 6.38. The number of hydrogen-bond donors (Lipinski definition) is 4. The number of nitrogens with zero attached hydrogens (tertiary/aromatic N) is 2. The summed E-state index contributed by atoms with van der Waals surface area (Å²) in [5.74, 6) is 2.26. The van der Waals surface area contributed by atoms with E-state index in [9.17, 15) is 4.79 Å². The van der Waals surface area contributed by atoms with Crippen molar-refractivity contribution >= 4 is 28.5 Å². The monoisotopic (exact) mass is 376 g/mol. The molecule has 2 aromatic heterocycles. The number of nitrogens with two attached hydrogens (primary N) is 2. The second kappa shape index (κ2) is 8.70. The fourth-order valence-electron chi connectivity index (χ4n) is 2.98. The molecule has 2 aromatic rings. The van der Waals surface area contributed by atoms with Crippen LogP contribution < -0.4 is 22.1 Å². The summed E-state index contributed by atoms with van der Waals surface area (Å²) in [4.78, 5) is 19.6. The van der Waals surface area contributed by atoms with Crippen LogP contribution in [0.2, 0.25) is 0 Å². The van der Waals surface area contributed by atoms with Crippen LogP contribution in [0.15, 0.2) is 26.9 Å². The van der Waals surface area contributed by atoms with Crippen molar-refractivity contribution in [3.05, 3.63) is 23.3 Å². The van der Waals surface area contributed by atoms with E-state index in [2.05, 4.69) is 20.6 Å². The first-order chi connectivity index (χ1) is 12.6. The topological polar surface area (TPSA) is 132 Å². The highest BCUT2D eigenvalue weighted by atomic mass is 32.1. The van der Waals surface area contributed by atoms with Crippen LogP contribution in [0, 0.1) is 5.92 Å². The van der Waals surface area contributed by atoms with Crippen LogP contribution in [-0.4, -0.2) is 23.5 Å². The molecule has 0 saturated heterocycles. The van der Waals surface area contributed by atoms with Crippen molar-refractivity contribution < 1.29 is 9.21 Å². The molecule has 26 heavy (non-hydrogen) atoms. The minimum Gasteiger partial charge on any atom is -0.458 e. The Labute approximate surface area is 156 Å². The van der Waals surface area contributed by atoms with Gasteiger partial charge in [0.15, 0.2) is 16.9 Å². The molecule has 0 unspecified atom stereocenters. The van der Waals surface area contributed by atoms with E-state index in [-0.39, 0.29) is 6.54 Å². The van der Waals surface area contributed by atoms with Gasteiger partial charge >= 0.3 is 6.03 Å². The van der Waals surface area contributed by atoms with Gasteiger partial charge in [-0.15, -0.1) is 11.3 Å². The van der Waals surface area contributed by atoms with Crippen molar-refractivity contribution in [3.8, 4) is 11.5 Å². The van der Waals surface area contributed by atoms with E-state index in [0.29, 0.717) is 34.2 Å². The zero-order valence-electron chi connectivity index (χ0n) is 14.5. The maximum absolute atomic E-state index is 10.7. The molecule has 1 saturated carbocycles. The standard InChI is InChI=1S/C17H24N6O2S/c18-15(20-8-11-4-2-1-3-5-11)23-17-22-13(10-26-17)14-7-6-12(25-14)9-21-16(19)24/h6-7,10-11H,1-5,8-9H2,(H3,19,21,24)(H3,18,20,22,23). The van der Waals surface area contributed by atoms with Gasteiger partial charge in [0, 0.05) is 11.9 Å². The summed E-state index contributed by atoms with van der Waals surface area (Å²) in [5.41, 5.74) is 11.7. The number of carbonyl (C=O) groups is 1. The Hall–Kier alpha value is -2.55. The van der Waals surface area contributed by atoms with Gasteiger partial charge in [-0.1, -0.05) is 19.3 Å². The smallest absolute Gasteiger partial charge is 0.312 e. The number of furan rings is 1. The molecule has 6 N–H and O–H groups in total. The summed E-state index contributed by atoms with van der Waals surface area (Å²) >= 11 is 1.43. The Bertz CT molecular complexity index is 763. The highest BCUT2D eigenvalue weighted by Gasteiger charge is 2.13. The number of anilines is 1. The predicted molar refractivity (Wildman–Crippen MR) is 103 cm³/mol. The van der Waals surface area contributed by atoms with Crippen LogP contribution in [0.3, 0.4) is 0 Å². The van der Waals surface area contributed by atoms with Gasteiger partial charge in [-0.3, -0.25) is 4.99 Å². The number of nitrogens with one attached hydrogen (secondary N) is 2. The first-order valence-corrected chi connectivity index (χ1v) is 9.63. The number of aliphatic imine (C=N–C) groups is 1. The quantitative estimate of drug-likeness (QED) is 0.455. The molecule has 9 heteroatoms. The van der Waals surface area contributed by atoms with Gasteiger partial charge in [-0.2, -0.15) is 0 Å². The largest absolute Gasteiger partial charge is 0.458 e. The van der Waals surface area contributed by atoms with Crippen LogP contribution in [0.1, 0.15) is 37.9 Å². The fourth-order valence-corrected chi connectivity index (χ4v) is 3.68. The van der Waals surface area contributed by atoms with Gasteiger partial charge in [-0.25, -0.2) is 9.78 Å². The van der Waals surface area contributed by atoms with E-state index in [0.717, 1.165) is 6.54 Å². The molecule has 8 nitrogen and oxygen atoms in total. The molecular formula is C17H24N6O2S. The zero-order valence-corrected chi connectivity index (χ0v) is 15.3. The Morgan fingerprint density at radius 1 is 1.31 bits per heavy atom. The number of primary amides is 1. The van der Waals surface area contributed by atoms with Crippen LogP contribution >= 0.6 is 11.3 Å². The summed E-state index contributed by atoms with van der Waals surface area (Å²) in [6.07, 6.45) is 6.41. The zero-order chi connectivity index (χ0) is 18.4. The molecular weight excluding hydrogens is 352 g/mol. The van der Waals surface area contributed by atoms with Crippen molar-refractivity contribution in [1.29, 1.82) is 0 Å². The Kier molecular flexibility index (Phi) is 6.11. The molecule has 2 amide bonds. The first-order valence-electron chi connectivity index (χ1n) is 8.75. The number of guanidine groups is 1. The summed E-state index contributed by atoms with van der Waals surface area (Å²) in [6.45, 7) is 1.01. The minimum absolute atomic E-state index is 0.241. The first kappa shape index (κ1) is 18.2.